The Kier molecular flexibility index (Phi) is 9.74. The number of nitrogens with zero attached hydrogens (tertiary/aromatic N) is 4. The maximum absolute atomic E-state index is 6.93. The van der Waals surface area contributed by atoms with Crippen LogP contribution in [0.3, 0.4) is 0 Å². The van der Waals surface area contributed by atoms with Gasteiger partial charge in [0.2, 0.25) is 0 Å². The first kappa shape index (κ1) is 43.5. The van der Waals surface area contributed by atoms with Crippen molar-refractivity contribution in [1.82, 2.24) is 19.3 Å². The molecule has 6 aromatic carbocycles. The predicted octanol–water partition coefficient (Wildman–Crippen LogP) is 13.7. The Morgan fingerprint density at radius 2 is 1.12 bits per heavy atom. The van der Waals surface area contributed by atoms with Crippen LogP contribution >= 0.6 is 0 Å². The SMILES string of the molecule is CC(C)(C)c1cc(Oc2ccc3c4cc(-c5cc6c7c(c5)Oc5ccc(C(C)(C)C)cc5B7c5cc(C(C)(C)C)ccc5O6)ccc4n(-c4cc(C(C)(C)C)ccn4)c3c2)cc(-n2cccn2)c1. The molecule has 0 bridgehead atoms. The number of aromatic nitrogens is 4. The molecule has 0 spiro atoms. The van der Waals surface area contributed by atoms with Crippen molar-refractivity contribution in [2.45, 2.75) is 105 Å². The third kappa shape index (κ3) is 7.55. The molecule has 2 aliphatic heterocycles. The van der Waals surface area contributed by atoms with Gasteiger partial charge in [0.15, 0.2) is 0 Å². The van der Waals surface area contributed by atoms with Crippen molar-refractivity contribution in [2.75, 3.05) is 0 Å². The molecule has 0 N–H and O–H groups in total. The molecule has 0 saturated carbocycles. The number of fused-ring (bicyclic) bond motifs is 7. The second kappa shape index (κ2) is 15.2. The van der Waals surface area contributed by atoms with Gasteiger partial charge in [-0.15, -0.1) is 0 Å². The van der Waals surface area contributed by atoms with Crippen molar-refractivity contribution in [1.29, 1.82) is 0 Å². The van der Waals surface area contributed by atoms with Gasteiger partial charge in [0.05, 0.1) is 16.7 Å². The Morgan fingerprint density at radius 3 is 1.72 bits per heavy atom. The zero-order valence-electron chi connectivity index (χ0n) is 41.4. The number of pyridine rings is 1. The molecule has 68 heavy (non-hydrogen) atoms. The van der Waals surface area contributed by atoms with Crippen LogP contribution in [0.2, 0.25) is 0 Å². The molecule has 7 nitrogen and oxygen atoms in total. The van der Waals surface area contributed by atoms with Crippen LogP contribution in [0.5, 0.6) is 34.5 Å². The summed E-state index contributed by atoms with van der Waals surface area (Å²) in [4.78, 5) is 5.01. The highest BCUT2D eigenvalue weighted by Gasteiger charge is 2.41. The molecule has 0 atom stereocenters. The first-order valence-corrected chi connectivity index (χ1v) is 23.9. The third-order valence-electron chi connectivity index (χ3n) is 13.9. The standard InChI is InChI=1S/C60H59BN4O3/c1-57(2,3)38-15-20-51-47(31-38)61-48-32-39(58(4,5)6)16-21-52(48)68-54-28-37(27-53(67-51)56(54)61)36-14-19-49-46(26-36)45-18-17-43(35-50(45)65(49)55-33-40(22-24-62-55)59(7,8)9)66-44-30-41(60(10,11)12)29-42(34-44)64-25-13-23-63-64/h13-35H,1-12H3. The van der Waals surface area contributed by atoms with Gasteiger partial charge < -0.3 is 14.2 Å². The molecule has 2 aliphatic rings. The second-order valence-corrected chi connectivity index (χ2v) is 22.9. The van der Waals surface area contributed by atoms with Gasteiger partial charge in [0.25, 0.3) is 6.71 Å². The molecule has 8 heteroatoms. The zero-order chi connectivity index (χ0) is 47.7. The van der Waals surface area contributed by atoms with Crippen LogP contribution < -0.4 is 30.6 Å². The molecular formula is C60H59BN4O3. The minimum absolute atomic E-state index is 0.0197. The van der Waals surface area contributed by atoms with E-state index in [0.717, 1.165) is 90.0 Å². The maximum Gasteiger partial charge on any atom is 0.260 e. The van der Waals surface area contributed by atoms with Crippen molar-refractivity contribution in [3.05, 3.63) is 162 Å². The van der Waals surface area contributed by atoms with E-state index in [-0.39, 0.29) is 28.4 Å². The first-order chi connectivity index (χ1) is 32.2. The van der Waals surface area contributed by atoms with Crippen LogP contribution in [0.1, 0.15) is 105 Å². The summed E-state index contributed by atoms with van der Waals surface area (Å²) >= 11 is 0. The summed E-state index contributed by atoms with van der Waals surface area (Å²) < 4.78 is 24.8. The fourth-order valence-electron chi connectivity index (χ4n) is 9.87. The maximum atomic E-state index is 6.93. The van der Waals surface area contributed by atoms with E-state index in [1.54, 1.807) is 6.20 Å². The van der Waals surface area contributed by atoms with Gasteiger partial charge in [-0.2, -0.15) is 5.10 Å². The van der Waals surface area contributed by atoms with Gasteiger partial charge in [-0.1, -0.05) is 113 Å². The van der Waals surface area contributed by atoms with Crippen molar-refractivity contribution in [3.8, 4) is 57.1 Å². The fourth-order valence-corrected chi connectivity index (χ4v) is 9.87. The van der Waals surface area contributed by atoms with E-state index >= 15 is 0 Å². The lowest BCUT2D eigenvalue weighted by atomic mass is 9.34. The Morgan fingerprint density at radius 1 is 0.485 bits per heavy atom. The van der Waals surface area contributed by atoms with E-state index in [1.165, 1.54) is 27.6 Å². The largest absolute Gasteiger partial charge is 0.458 e. The van der Waals surface area contributed by atoms with E-state index in [9.17, 15) is 0 Å². The minimum Gasteiger partial charge on any atom is -0.458 e. The average Bonchev–Trinajstić information content (AvgIpc) is 3.94. The highest BCUT2D eigenvalue weighted by Crippen LogP contribution is 2.43. The summed E-state index contributed by atoms with van der Waals surface area (Å²) in [7, 11) is 0. The molecule has 3 aromatic heterocycles. The lowest BCUT2D eigenvalue weighted by Crippen LogP contribution is -2.57. The van der Waals surface area contributed by atoms with E-state index in [4.69, 9.17) is 19.2 Å². The number of rotatable bonds is 5. The summed E-state index contributed by atoms with van der Waals surface area (Å²) in [5.74, 6) is 5.75. The van der Waals surface area contributed by atoms with E-state index in [2.05, 4.69) is 202 Å². The van der Waals surface area contributed by atoms with E-state index in [1.807, 2.05) is 29.2 Å². The van der Waals surface area contributed by atoms with Crippen molar-refractivity contribution in [3.63, 3.8) is 0 Å². The van der Waals surface area contributed by atoms with Gasteiger partial charge >= 0.3 is 0 Å². The molecule has 0 fully saturated rings. The Balaban J connectivity index is 1.06. The first-order valence-electron chi connectivity index (χ1n) is 23.9. The summed E-state index contributed by atoms with van der Waals surface area (Å²) in [6.45, 7) is 27.0. The topological polar surface area (TPSA) is 63.3 Å². The Hall–Kier alpha value is -7.06. The molecule has 0 unspecified atom stereocenters. The van der Waals surface area contributed by atoms with Gasteiger partial charge in [-0.25, -0.2) is 9.67 Å². The molecule has 0 amide bonds. The van der Waals surface area contributed by atoms with Crippen LogP contribution in [0, 0.1) is 0 Å². The Labute approximate surface area is 400 Å². The molecule has 0 saturated heterocycles. The lowest BCUT2D eigenvalue weighted by Gasteiger charge is -2.35. The van der Waals surface area contributed by atoms with Crippen LogP contribution in [-0.2, 0) is 21.7 Å². The molecule has 0 radical (unpaired) electrons. The second-order valence-electron chi connectivity index (χ2n) is 22.9. The molecule has 340 valence electrons. The number of ether oxygens (including phenoxy) is 3. The molecule has 0 aliphatic carbocycles. The van der Waals surface area contributed by atoms with Crippen LogP contribution in [0.25, 0.3) is 44.4 Å². The highest BCUT2D eigenvalue weighted by molar-refractivity contribution is 6.98. The monoisotopic (exact) mass is 894 g/mol. The quantitative estimate of drug-likeness (QED) is 0.161. The minimum atomic E-state index is -0.101. The van der Waals surface area contributed by atoms with Crippen molar-refractivity contribution in [2.24, 2.45) is 0 Å². The average molecular weight is 895 g/mol. The zero-order valence-corrected chi connectivity index (χ0v) is 41.4. The van der Waals surface area contributed by atoms with Gasteiger partial charge in [-0.05, 0) is 145 Å². The number of benzene rings is 6. The van der Waals surface area contributed by atoms with Gasteiger partial charge in [0.1, 0.15) is 40.3 Å². The molecule has 11 rings (SSSR count). The normalized spacial score (nSPS) is 13.5. The number of hydrogen-bond acceptors (Lipinski definition) is 5. The lowest BCUT2D eigenvalue weighted by molar-refractivity contribution is 0.464. The summed E-state index contributed by atoms with van der Waals surface area (Å²) in [6, 6.07) is 43.7. The smallest absolute Gasteiger partial charge is 0.260 e. The summed E-state index contributed by atoms with van der Waals surface area (Å²) in [5, 5.41) is 6.73. The third-order valence-corrected chi connectivity index (χ3v) is 13.9. The van der Waals surface area contributed by atoms with Gasteiger partial charge in [0, 0.05) is 47.0 Å². The summed E-state index contributed by atoms with van der Waals surface area (Å²) in [5.41, 5.74) is 13.2. The molecule has 9 aromatic rings. The highest BCUT2D eigenvalue weighted by atomic mass is 16.5. The van der Waals surface area contributed by atoms with E-state index in [0.29, 0.717) is 0 Å². The van der Waals surface area contributed by atoms with Gasteiger partial charge in [-0.3, -0.25) is 4.57 Å². The summed E-state index contributed by atoms with van der Waals surface area (Å²) in [6.07, 6.45) is 5.68. The van der Waals surface area contributed by atoms with Crippen LogP contribution in [0.15, 0.2) is 140 Å². The van der Waals surface area contributed by atoms with E-state index < -0.39 is 0 Å². The predicted molar refractivity (Wildman–Crippen MR) is 280 cm³/mol. The number of hydrogen-bond donors (Lipinski definition) is 0. The van der Waals surface area contributed by atoms with Crippen LogP contribution in [0.4, 0.5) is 0 Å². The van der Waals surface area contributed by atoms with Crippen molar-refractivity contribution < 1.29 is 14.2 Å². The molecular weight excluding hydrogens is 835 g/mol. The van der Waals surface area contributed by atoms with Crippen molar-refractivity contribution >= 4 is 44.9 Å². The molecule has 5 heterocycles. The van der Waals surface area contributed by atoms with Crippen LogP contribution in [-0.4, -0.2) is 26.0 Å². The fraction of sp³-hybridized carbons (Fsp3) is 0.267. The Bertz CT molecular complexity index is 3390.